The fourth-order valence-corrected chi connectivity index (χ4v) is 3.69. The topological polar surface area (TPSA) is 85.9 Å². The van der Waals surface area contributed by atoms with Gasteiger partial charge in [0.05, 0.1) is 17.0 Å². The standard InChI is InChI=1S/C23H19F2N3O/c1-2-14-15-5-3-4-6-19(15)28-23(14)22(27)16-9-12(7-8-18(16)26)21-17(25)10-13(24)11-20(21)29/h3-11,27-29H,2,26H2,1H3. The van der Waals surface area contributed by atoms with Crippen molar-refractivity contribution in [2.24, 2.45) is 0 Å². The van der Waals surface area contributed by atoms with Crippen LogP contribution in [-0.2, 0) is 6.42 Å². The number of aryl methyl sites for hydroxylation is 1. The van der Waals surface area contributed by atoms with Crippen LogP contribution in [0.5, 0.6) is 5.75 Å². The van der Waals surface area contributed by atoms with Crippen LogP contribution in [0.3, 0.4) is 0 Å². The largest absolute Gasteiger partial charge is 0.507 e. The minimum absolute atomic E-state index is 0.132. The molecule has 4 rings (SSSR count). The van der Waals surface area contributed by atoms with E-state index in [9.17, 15) is 13.9 Å². The number of H-pyrrole nitrogens is 1. The van der Waals surface area contributed by atoms with Gasteiger partial charge < -0.3 is 15.8 Å². The molecule has 0 saturated carbocycles. The highest BCUT2D eigenvalue weighted by atomic mass is 19.1. The number of aromatic nitrogens is 1. The first-order valence-corrected chi connectivity index (χ1v) is 9.17. The molecule has 1 aromatic heterocycles. The lowest BCUT2D eigenvalue weighted by Gasteiger charge is -2.12. The van der Waals surface area contributed by atoms with E-state index >= 15 is 0 Å². The Balaban J connectivity index is 1.87. The summed E-state index contributed by atoms with van der Waals surface area (Å²) in [5.74, 6) is -2.26. The maximum Gasteiger partial charge on any atom is 0.137 e. The Hall–Kier alpha value is -3.67. The van der Waals surface area contributed by atoms with Crippen molar-refractivity contribution in [3.8, 4) is 16.9 Å². The maximum absolute atomic E-state index is 14.3. The number of fused-ring (bicyclic) bond motifs is 1. The average molecular weight is 391 g/mol. The second kappa shape index (κ2) is 7.05. The van der Waals surface area contributed by atoms with Gasteiger partial charge in [-0.05, 0) is 35.7 Å². The first-order chi connectivity index (χ1) is 13.9. The SMILES string of the molecule is CCc1c(C(=N)c2cc(-c3c(O)cc(F)cc3F)ccc2N)[nH]c2ccccc12. The zero-order valence-corrected chi connectivity index (χ0v) is 15.7. The molecule has 0 fully saturated rings. The molecule has 29 heavy (non-hydrogen) atoms. The number of nitrogen functional groups attached to an aromatic ring is 1. The molecule has 0 aliphatic carbocycles. The molecule has 5 N–H and O–H groups in total. The zero-order chi connectivity index (χ0) is 20.7. The fourth-order valence-electron chi connectivity index (χ4n) is 3.69. The van der Waals surface area contributed by atoms with E-state index in [1.54, 1.807) is 12.1 Å². The molecule has 0 aliphatic rings. The summed E-state index contributed by atoms with van der Waals surface area (Å²) in [4.78, 5) is 3.28. The second-order valence-corrected chi connectivity index (χ2v) is 6.84. The molecule has 3 aromatic carbocycles. The number of halogens is 2. The lowest BCUT2D eigenvalue weighted by atomic mass is 9.95. The third kappa shape index (κ3) is 3.12. The minimum Gasteiger partial charge on any atom is -0.507 e. The van der Waals surface area contributed by atoms with Gasteiger partial charge >= 0.3 is 0 Å². The van der Waals surface area contributed by atoms with E-state index in [2.05, 4.69) is 4.98 Å². The molecule has 4 aromatic rings. The molecule has 0 saturated heterocycles. The van der Waals surface area contributed by atoms with Gasteiger partial charge in [0, 0.05) is 34.3 Å². The first kappa shape index (κ1) is 18.7. The number of aromatic hydroxyl groups is 1. The van der Waals surface area contributed by atoms with Crippen molar-refractivity contribution < 1.29 is 13.9 Å². The summed E-state index contributed by atoms with van der Waals surface area (Å²) < 4.78 is 27.7. The van der Waals surface area contributed by atoms with Crippen LogP contribution >= 0.6 is 0 Å². The van der Waals surface area contributed by atoms with E-state index in [0.29, 0.717) is 35.0 Å². The van der Waals surface area contributed by atoms with Crippen molar-refractivity contribution in [1.29, 1.82) is 5.41 Å². The predicted octanol–water partition coefficient (Wildman–Crippen LogP) is 5.38. The maximum atomic E-state index is 14.3. The molecule has 6 heteroatoms. The van der Waals surface area contributed by atoms with Crippen molar-refractivity contribution in [1.82, 2.24) is 4.98 Å². The number of aromatic amines is 1. The van der Waals surface area contributed by atoms with Crippen LogP contribution in [0.2, 0.25) is 0 Å². The van der Waals surface area contributed by atoms with Gasteiger partial charge in [0.15, 0.2) is 0 Å². The zero-order valence-electron chi connectivity index (χ0n) is 15.7. The van der Waals surface area contributed by atoms with E-state index in [0.717, 1.165) is 22.5 Å². The van der Waals surface area contributed by atoms with Crippen LogP contribution in [0.25, 0.3) is 22.0 Å². The number of hydrogen-bond donors (Lipinski definition) is 4. The van der Waals surface area contributed by atoms with Gasteiger partial charge in [-0.25, -0.2) is 8.78 Å². The molecular weight excluding hydrogens is 372 g/mol. The summed E-state index contributed by atoms with van der Waals surface area (Å²) in [6.07, 6.45) is 0.717. The highest BCUT2D eigenvalue weighted by Gasteiger charge is 2.19. The number of phenols is 1. The summed E-state index contributed by atoms with van der Waals surface area (Å²) in [5, 5.41) is 19.8. The highest BCUT2D eigenvalue weighted by Crippen LogP contribution is 2.35. The lowest BCUT2D eigenvalue weighted by Crippen LogP contribution is -2.08. The summed E-state index contributed by atoms with van der Waals surface area (Å²) >= 11 is 0. The van der Waals surface area contributed by atoms with Crippen molar-refractivity contribution in [3.63, 3.8) is 0 Å². The van der Waals surface area contributed by atoms with E-state index in [4.69, 9.17) is 11.1 Å². The van der Waals surface area contributed by atoms with Crippen LogP contribution in [-0.4, -0.2) is 15.8 Å². The van der Waals surface area contributed by atoms with Gasteiger partial charge in [-0.2, -0.15) is 0 Å². The molecule has 0 radical (unpaired) electrons. The first-order valence-electron chi connectivity index (χ1n) is 9.17. The average Bonchev–Trinajstić information content (AvgIpc) is 3.06. The number of benzene rings is 3. The van der Waals surface area contributed by atoms with Gasteiger partial charge in [0.2, 0.25) is 0 Å². The number of hydrogen-bond acceptors (Lipinski definition) is 3. The lowest BCUT2D eigenvalue weighted by molar-refractivity contribution is 0.463. The Labute approximate surface area is 166 Å². The summed E-state index contributed by atoms with van der Waals surface area (Å²) in [6.45, 7) is 2.01. The number of nitrogens with two attached hydrogens (primary N) is 1. The van der Waals surface area contributed by atoms with Gasteiger partial charge in [0.1, 0.15) is 17.4 Å². The molecule has 4 nitrogen and oxygen atoms in total. The molecule has 0 atom stereocenters. The smallest absolute Gasteiger partial charge is 0.137 e. The van der Waals surface area contributed by atoms with Crippen LogP contribution in [0.4, 0.5) is 14.5 Å². The van der Waals surface area contributed by atoms with Gasteiger partial charge in [-0.1, -0.05) is 31.2 Å². The van der Waals surface area contributed by atoms with Crippen LogP contribution in [0, 0.1) is 17.0 Å². The second-order valence-electron chi connectivity index (χ2n) is 6.84. The number of phenolic OH excluding ortho intramolecular Hbond substituents is 1. The van der Waals surface area contributed by atoms with Crippen molar-refractivity contribution in [2.45, 2.75) is 13.3 Å². The molecule has 0 bridgehead atoms. The molecular formula is C23H19F2N3O. The molecule has 0 aliphatic heterocycles. The molecule has 0 amide bonds. The fraction of sp³-hybridized carbons (Fsp3) is 0.0870. The van der Waals surface area contributed by atoms with E-state index < -0.39 is 17.4 Å². The van der Waals surface area contributed by atoms with Crippen molar-refractivity contribution >= 4 is 22.3 Å². The molecule has 0 spiro atoms. The number of para-hydroxylation sites is 1. The van der Waals surface area contributed by atoms with E-state index in [1.807, 2.05) is 31.2 Å². The number of anilines is 1. The predicted molar refractivity (Wildman–Crippen MR) is 111 cm³/mol. The summed E-state index contributed by atoms with van der Waals surface area (Å²) in [5.41, 5.74) is 9.76. The molecule has 146 valence electrons. The summed E-state index contributed by atoms with van der Waals surface area (Å²) in [6, 6.07) is 14.0. The van der Waals surface area contributed by atoms with Crippen LogP contribution in [0.1, 0.15) is 23.7 Å². The quantitative estimate of drug-likeness (QED) is 0.278. The van der Waals surface area contributed by atoms with Crippen LogP contribution < -0.4 is 5.73 Å². The Bertz CT molecular complexity index is 1240. The van der Waals surface area contributed by atoms with Crippen molar-refractivity contribution in [2.75, 3.05) is 5.73 Å². The van der Waals surface area contributed by atoms with E-state index in [-0.39, 0.29) is 11.3 Å². The van der Waals surface area contributed by atoms with Crippen molar-refractivity contribution in [3.05, 3.63) is 83.1 Å². The summed E-state index contributed by atoms with van der Waals surface area (Å²) in [7, 11) is 0. The number of nitrogens with one attached hydrogen (secondary N) is 2. The normalized spacial score (nSPS) is 11.1. The molecule has 0 unspecified atom stereocenters. The Morgan fingerprint density at radius 1 is 1.10 bits per heavy atom. The Morgan fingerprint density at radius 3 is 2.59 bits per heavy atom. The monoisotopic (exact) mass is 391 g/mol. The Kier molecular flexibility index (Phi) is 4.54. The highest BCUT2D eigenvalue weighted by molar-refractivity contribution is 6.16. The Morgan fingerprint density at radius 2 is 1.86 bits per heavy atom. The number of rotatable bonds is 4. The van der Waals surface area contributed by atoms with E-state index in [1.165, 1.54) is 6.07 Å². The molecule has 1 heterocycles. The van der Waals surface area contributed by atoms with Crippen LogP contribution in [0.15, 0.2) is 54.6 Å². The third-order valence-electron chi connectivity index (χ3n) is 5.06. The minimum atomic E-state index is -0.885. The van der Waals surface area contributed by atoms with Gasteiger partial charge in [-0.3, -0.25) is 5.41 Å². The van der Waals surface area contributed by atoms with Gasteiger partial charge in [-0.15, -0.1) is 0 Å². The third-order valence-corrected chi connectivity index (χ3v) is 5.06. The van der Waals surface area contributed by atoms with Gasteiger partial charge in [0.25, 0.3) is 0 Å².